The average Bonchev–Trinajstić information content (AvgIpc) is 3.51. The van der Waals surface area contributed by atoms with Gasteiger partial charge in [0.25, 0.3) is 11.8 Å². The van der Waals surface area contributed by atoms with Crippen LogP contribution in [0.2, 0.25) is 10.0 Å². The fourth-order valence-electron chi connectivity index (χ4n) is 5.65. The summed E-state index contributed by atoms with van der Waals surface area (Å²) < 4.78 is 0. The Hall–Kier alpha value is -5.38. The number of benzene rings is 4. The van der Waals surface area contributed by atoms with Gasteiger partial charge in [0.05, 0.1) is 12.1 Å². The number of rotatable bonds is 10. The lowest BCUT2D eigenvalue weighted by Gasteiger charge is -2.25. The second-order valence-electron chi connectivity index (χ2n) is 11.9. The number of hydrogen-bond donors (Lipinski definition) is 3. The predicted octanol–water partition coefficient (Wildman–Crippen LogP) is 8.71. The van der Waals surface area contributed by atoms with Crippen LogP contribution < -0.4 is 16.0 Å². The topological polar surface area (TPSA) is 131 Å². The highest BCUT2D eigenvalue weighted by molar-refractivity contribution is 8.00. The molecule has 1 aliphatic rings. The van der Waals surface area contributed by atoms with Gasteiger partial charge in [0.2, 0.25) is 11.8 Å². The molecular weight excluding hydrogens is 750 g/mol. The first kappa shape index (κ1) is 37.4. The summed E-state index contributed by atoms with van der Waals surface area (Å²) in [6, 6.07) is 31.8. The van der Waals surface area contributed by atoms with E-state index in [2.05, 4.69) is 22.0 Å². The molecule has 1 unspecified atom stereocenters. The van der Waals surface area contributed by atoms with E-state index in [-0.39, 0.29) is 17.5 Å². The van der Waals surface area contributed by atoms with Crippen molar-refractivity contribution in [3.8, 4) is 6.07 Å². The Morgan fingerprint density at radius 3 is 2.36 bits per heavy atom. The number of amides is 4. The maximum atomic E-state index is 14.0. The summed E-state index contributed by atoms with van der Waals surface area (Å²) in [7, 11) is 0. The first-order chi connectivity index (χ1) is 25.6. The molecule has 13 heteroatoms. The smallest absolute Gasteiger partial charge is 0.272 e. The Labute approximate surface area is 324 Å². The summed E-state index contributed by atoms with van der Waals surface area (Å²) in [4.78, 5) is 56.2. The Bertz CT molecular complexity index is 2270. The van der Waals surface area contributed by atoms with E-state index in [0.717, 1.165) is 16.0 Å². The molecule has 5 aromatic rings. The zero-order valence-electron chi connectivity index (χ0n) is 28.2. The maximum absolute atomic E-state index is 14.0. The lowest BCUT2D eigenvalue weighted by Crippen LogP contribution is -2.33. The summed E-state index contributed by atoms with van der Waals surface area (Å²) in [6.45, 7) is 2.43. The molecule has 0 fully saturated rings. The highest BCUT2D eigenvalue weighted by Crippen LogP contribution is 2.41. The van der Waals surface area contributed by atoms with E-state index in [9.17, 15) is 24.4 Å². The van der Waals surface area contributed by atoms with Crippen molar-refractivity contribution in [2.24, 2.45) is 0 Å². The van der Waals surface area contributed by atoms with E-state index >= 15 is 0 Å². The van der Waals surface area contributed by atoms with E-state index in [4.69, 9.17) is 23.2 Å². The van der Waals surface area contributed by atoms with Gasteiger partial charge in [-0.05, 0) is 71.7 Å². The van der Waals surface area contributed by atoms with Crippen LogP contribution in [-0.2, 0) is 27.3 Å². The van der Waals surface area contributed by atoms with Gasteiger partial charge in [-0.25, -0.2) is 0 Å². The van der Waals surface area contributed by atoms with Crippen LogP contribution in [0, 0.1) is 11.3 Å². The van der Waals surface area contributed by atoms with Crippen molar-refractivity contribution in [3.05, 3.63) is 152 Å². The summed E-state index contributed by atoms with van der Waals surface area (Å²) in [5.74, 6) is -1.46. The molecule has 1 aliphatic heterocycles. The highest BCUT2D eigenvalue weighted by atomic mass is 35.5. The normalized spacial score (nSPS) is 12.9. The van der Waals surface area contributed by atoms with Gasteiger partial charge in [0.15, 0.2) is 0 Å². The van der Waals surface area contributed by atoms with Crippen molar-refractivity contribution in [1.29, 1.82) is 5.26 Å². The third kappa shape index (κ3) is 9.17. The summed E-state index contributed by atoms with van der Waals surface area (Å²) >= 11 is 15.1. The second-order valence-corrected chi connectivity index (χ2v) is 15.1. The second kappa shape index (κ2) is 17.0. The standard InChI is InChI=1S/C40H31Cl2N5O4S2/c1-24(48)47-18-17-31-32(22-43)40(53-35(31)23-47)46-39(51)36(25-9-4-2-5-10-25)52-30-14-8-13-29(21-30)44-38(50)34(19-27-15-16-28(41)20-33(27)42)45-37(49)26-11-6-3-7-12-26/h2-16,19-21,36H,17-18,23H2,1H3,(H,44,50)(H,45,49)(H,46,51)/b34-19+. The molecular formula is C40H31Cl2N5O4S2. The number of carbonyl (C=O) groups excluding carboxylic acids is 4. The predicted molar refractivity (Wildman–Crippen MR) is 211 cm³/mol. The minimum atomic E-state index is -0.728. The van der Waals surface area contributed by atoms with Gasteiger partial charge in [-0.3, -0.25) is 19.2 Å². The zero-order chi connectivity index (χ0) is 37.5. The van der Waals surface area contributed by atoms with Crippen molar-refractivity contribution < 1.29 is 19.2 Å². The van der Waals surface area contributed by atoms with Gasteiger partial charge < -0.3 is 20.9 Å². The quantitative estimate of drug-likeness (QED) is 0.0960. The molecule has 0 radical (unpaired) electrons. The first-order valence-electron chi connectivity index (χ1n) is 16.4. The molecule has 1 aromatic heterocycles. The Kier molecular flexibility index (Phi) is 12.0. The van der Waals surface area contributed by atoms with Crippen molar-refractivity contribution in [2.75, 3.05) is 17.2 Å². The van der Waals surface area contributed by atoms with Crippen molar-refractivity contribution in [2.45, 2.75) is 30.0 Å². The lowest BCUT2D eigenvalue weighted by atomic mass is 10.0. The third-order valence-corrected chi connectivity index (χ3v) is 11.3. The molecule has 0 saturated carbocycles. The molecule has 6 rings (SSSR count). The van der Waals surface area contributed by atoms with Crippen molar-refractivity contribution in [3.63, 3.8) is 0 Å². The van der Waals surface area contributed by atoms with Gasteiger partial charge in [-0.2, -0.15) is 5.26 Å². The zero-order valence-corrected chi connectivity index (χ0v) is 31.3. The van der Waals surface area contributed by atoms with Gasteiger partial charge in [0.1, 0.15) is 22.0 Å². The molecule has 9 nitrogen and oxygen atoms in total. The SMILES string of the molecule is CC(=O)N1CCc2c(sc(NC(=O)C(Sc3cccc(NC(=O)/C(=C\c4ccc(Cl)cc4Cl)NC(=O)c4ccccc4)c3)c3ccccc3)c2C#N)C1. The van der Waals surface area contributed by atoms with Crippen LogP contribution in [-0.4, -0.2) is 35.1 Å². The number of halogens is 2. The number of nitriles is 1. The molecule has 2 heterocycles. The lowest BCUT2D eigenvalue weighted by molar-refractivity contribution is -0.129. The molecule has 0 spiro atoms. The van der Waals surface area contributed by atoms with Gasteiger partial charge in [-0.15, -0.1) is 23.1 Å². The number of nitrogens with zero attached hydrogens (tertiary/aromatic N) is 2. The average molecular weight is 781 g/mol. The number of nitrogens with one attached hydrogen (secondary N) is 3. The number of fused-ring (bicyclic) bond motifs is 1. The van der Waals surface area contributed by atoms with Crippen LogP contribution in [0.25, 0.3) is 6.08 Å². The fraction of sp³-hybridized carbons (Fsp3) is 0.125. The first-order valence-corrected chi connectivity index (χ1v) is 18.8. The minimum absolute atomic E-state index is 0.0396. The minimum Gasteiger partial charge on any atom is -0.337 e. The fourth-order valence-corrected chi connectivity index (χ4v) is 8.42. The van der Waals surface area contributed by atoms with Gasteiger partial charge in [0, 0.05) is 44.5 Å². The van der Waals surface area contributed by atoms with E-state index < -0.39 is 17.1 Å². The summed E-state index contributed by atoms with van der Waals surface area (Å²) in [5, 5.41) is 19.0. The molecule has 4 aromatic carbocycles. The van der Waals surface area contributed by atoms with Crippen LogP contribution in [0.1, 0.15) is 49.7 Å². The summed E-state index contributed by atoms with van der Waals surface area (Å²) in [6.07, 6.45) is 2.01. The van der Waals surface area contributed by atoms with Crippen LogP contribution in [0.15, 0.2) is 114 Å². The Balaban J connectivity index is 1.24. The highest BCUT2D eigenvalue weighted by Gasteiger charge is 2.29. The monoisotopic (exact) mass is 779 g/mol. The molecule has 266 valence electrons. The van der Waals surface area contributed by atoms with Crippen LogP contribution in [0.3, 0.4) is 0 Å². The Morgan fingerprint density at radius 2 is 1.66 bits per heavy atom. The van der Waals surface area contributed by atoms with E-state index in [1.807, 2.05) is 36.4 Å². The van der Waals surface area contributed by atoms with Crippen molar-refractivity contribution in [1.82, 2.24) is 10.2 Å². The molecule has 0 bridgehead atoms. The maximum Gasteiger partial charge on any atom is 0.272 e. The van der Waals surface area contributed by atoms with E-state index in [0.29, 0.717) is 61.8 Å². The molecule has 0 saturated heterocycles. The van der Waals surface area contributed by atoms with Gasteiger partial charge >= 0.3 is 0 Å². The number of hydrogen-bond acceptors (Lipinski definition) is 7. The van der Waals surface area contributed by atoms with E-state index in [1.54, 1.807) is 71.6 Å². The number of carbonyl (C=O) groups is 4. The molecule has 1 atom stereocenters. The molecule has 4 amide bonds. The largest absolute Gasteiger partial charge is 0.337 e. The number of thiophene rings is 1. The van der Waals surface area contributed by atoms with Crippen molar-refractivity contribution >= 4 is 86.7 Å². The van der Waals surface area contributed by atoms with Crippen LogP contribution in [0.5, 0.6) is 0 Å². The number of anilines is 2. The third-order valence-electron chi connectivity index (χ3n) is 8.33. The van der Waals surface area contributed by atoms with Crippen LogP contribution in [0.4, 0.5) is 10.7 Å². The van der Waals surface area contributed by atoms with E-state index in [1.165, 1.54) is 36.1 Å². The summed E-state index contributed by atoms with van der Waals surface area (Å²) in [5.41, 5.74) is 3.22. The number of thioether (sulfide) groups is 1. The molecule has 53 heavy (non-hydrogen) atoms. The molecule has 3 N–H and O–H groups in total. The van der Waals surface area contributed by atoms with Crippen LogP contribution >= 0.6 is 46.3 Å². The van der Waals surface area contributed by atoms with Gasteiger partial charge in [-0.1, -0.05) is 83.9 Å². The Morgan fingerprint density at radius 1 is 0.925 bits per heavy atom. The molecule has 0 aliphatic carbocycles.